The van der Waals surface area contributed by atoms with Gasteiger partial charge >= 0.3 is 5.97 Å². The second-order valence-electron chi connectivity index (χ2n) is 3.83. The minimum atomic E-state index is -0.932. The molecule has 3 rings (SSSR count). The van der Waals surface area contributed by atoms with Crippen molar-refractivity contribution in [2.75, 3.05) is 0 Å². The van der Waals surface area contributed by atoms with Gasteiger partial charge in [0.2, 0.25) is 0 Å². The summed E-state index contributed by atoms with van der Waals surface area (Å²) in [5, 5.41) is 13.9. The monoisotopic (exact) mass is 271 g/mol. The van der Waals surface area contributed by atoms with Crippen LogP contribution in [-0.4, -0.2) is 25.7 Å². The second-order valence-corrected chi connectivity index (χ2v) is 4.89. The first-order chi connectivity index (χ1) is 9.24. The molecule has 0 aliphatic carbocycles. The van der Waals surface area contributed by atoms with Gasteiger partial charge in [0.05, 0.1) is 17.3 Å². The Morgan fingerprint density at radius 3 is 3.00 bits per heavy atom. The third-order valence-corrected chi connectivity index (χ3v) is 3.58. The van der Waals surface area contributed by atoms with E-state index in [0.29, 0.717) is 0 Å². The summed E-state index contributed by atoms with van der Waals surface area (Å²) >= 11 is 1.42. The summed E-state index contributed by atoms with van der Waals surface area (Å²) in [7, 11) is 0. The average Bonchev–Trinajstić information content (AvgIpc) is 2.88. The highest BCUT2D eigenvalue weighted by atomic mass is 32.2. The molecule has 0 spiro atoms. The summed E-state index contributed by atoms with van der Waals surface area (Å²) in [6.07, 6.45) is 5.14. The summed E-state index contributed by atoms with van der Waals surface area (Å²) in [4.78, 5) is 16.1. The van der Waals surface area contributed by atoms with Gasteiger partial charge in [-0.1, -0.05) is 17.8 Å². The molecule has 0 radical (unpaired) electrons. The normalized spacial score (nSPS) is 10.7. The number of aromatic nitrogens is 3. The van der Waals surface area contributed by atoms with E-state index in [1.165, 1.54) is 11.8 Å². The Kier molecular flexibility index (Phi) is 2.92. The summed E-state index contributed by atoms with van der Waals surface area (Å²) < 4.78 is 1.73. The molecule has 0 amide bonds. The molecule has 0 fully saturated rings. The molecular weight excluding hydrogens is 262 g/mol. The summed E-state index contributed by atoms with van der Waals surface area (Å²) in [5.74, 6) is -0.932. The van der Waals surface area contributed by atoms with E-state index in [1.807, 2.05) is 12.1 Å². The first kappa shape index (κ1) is 11.7. The molecule has 2 aromatic heterocycles. The lowest BCUT2D eigenvalue weighted by Gasteiger charge is -2.03. The molecule has 94 valence electrons. The fraction of sp³-hybridized carbons (Fsp3) is 0. The Hall–Kier alpha value is -2.34. The van der Waals surface area contributed by atoms with Crippen molar-refractivity contribution in [2.45, 2.75) is 9.92 Å². The second kappa shape index (κ2) is 4.74. The molecule has 2 heterocycles. The van der Waals surface area contributed by atoms with Gasteiger partial charge in [-0.2, -0.15) is 5.10 Å². The van der Waals surface area contributed by atoms with Crippen LogP contribution in [0.5, 0.6) is 0 Å². The molecule has 0 unspecified atom stereocenters. The maximum absolute atomic E-state index is 10.9. The largest absolute Gasteiger partial charge is 0.478 e. The predicted molar refractivity (Wildman–Crippen MR) is 70.5 cm³/mol. The van der Waals surface area contributed by atoms with Crippen LogP contribution in [0.15, 0.2) is 58.8 Å². The molecule has 1 aromatic carbocycles. The van der Waals surface area contributed by atoms with Gasteiger partial charge < -0.3 is 5.11 Å². The van der Waals surface area contributed by atoms with Crippen LogP contribution in [0, 0.1) is 0 Å². The lowest BCUT2D eigenvalue weighted by Crippen LogP contribution is -1.95. The number of hydrogen-bond acceptors (Lipinski definition) is 4. The van der Waals surface area contributed by atoms with Crippen molar-refractivity contribution in [3.8, 4) is 0 Å². The van der Waals surface area contributed by atoms with Crippen LogP contribution in [0.25, 0.3) is 5.52 Å². The van der Waals surface area contributed by atoms with Crippen molar-refractivity contribution in [3.63, 3.8) is 0 Å². The van der Waals surface area contributed by atoms with Crippen LogP contribution in [0.4, 0.5) is 0 Å². The number of carboxylic acid groups (broad SMARTS) is 1. The fourth-order valence-electron chi connectivity index (χ4n) is 1.72. The predicted octanol–water partition coefficient (Wildman–Crippen LogP) is 2.58. The molecule has 0 saturated carbocycles. The van der Waals surface area contributed by atoms with E-state index in [0.717, 1.165) is 15.4 Å². The minimum Gasteiger partial charge on any atom is -0.478 e. The van der Waals surface area contributed by atoms with Crippen molar-refractivity contribution in [2.24, 2.45) is 0 Å². The van der Waals surface area contributed by atoms with Gasteiger partial charge in [-0.05, 0) is 24.3 Å². The summed E-state index contributed by atoms with van der Waals surface area (Å²) in [6.45, 7) is 0. The Balaban J connectivity index is 1.99. The van der Waals surface area contributed by atoms with E-state index in [-0.39, 0.29) is 5.56 Å². The van der Waals surface area contributed by atoms with Gasteiger partial charge in [0, 0.05) is 17.3 Å². The third-order valence-electron chi connectivity index (χ3n) is 2.58. The van der Waals surface area contributed by atoms with Crippen molar-refractivity contribution in [1.29, 1.82) is 0 Å². The number of nitrogens with zero attached hydrogens (tertiary/aromatic N) is 3. The lowest BCUT2D eigenvalue weighted by molar-refractivity contribution is 0.0696. The number of carbonyl (C=O) groups is 1. The van der Waals surface area contributed by atoms with E-state index in [4.69, 9.17) is 5.11 Å². The first-order valence-electron chi connectivity index (χ1n) is 5.53. The van der Waals surface area contributed by atoms with Gasteiger partial charge in [-0.25, -0.2) is 14.3 Å². The number of fused-ring (bicyclic) bond motifs is 1. The molecule has 19 heavy (non-hydrogen) atoms. The smallest absolute Gasteiger partial charge is 0.335 e. The molecule has 6 heteroatoms. The molecule has 0 atom stereocenters. The van der Waals surface area contributed by atoms with E-state index in [1.54, 1.807) is 41.3 Å². The fourth-order valence-corrected chi connectivity index (χ4v) is 2.65. The van der Waals surface area contributed by atoms with Gasteiger partial charge in [-0.3, -0.25) is 0 Å². The number of carboxylic acids is 1. The Bertz CT molecular complexity index is 754. The third kappa shape index (κ3) is 2.30. The summed E-state index contributed by atoms with van der Waals surface area (Å²) in [6, 6.07) is 8.66. The van der Waals surface area contributed by atoms with Crippen LogP contribution < -0.4 is 0 Å². The maximum atomic E-state index is 10.9. The standard InChI is InChI=1S/C13H9N3O2S/c17-13(18)9-2-1-3-10(8-9)19-12-11-4-5-15-16(11)7-6-14-12/h1-8H,(H,17,18). The average molecular weight is 271 g/mol. The summed E-state index contributed by atoms with van der Waals surface area (Å²) in [5.41, 5.74) is 1.17. The number of rotatable bonds is 3. The quantitative estimate of drug-likeness (QED) is 0.793. The molecule has 0 aliphatic heterocycles. The SMILES string of the molecule is O=C(O)c1cccc(Sc2nccn3nccc23)c1. The van der Waals surface area contributed by atoms with Crippen LogP contribution in [0.3, 0.4) is 0 Å². The number of benzene rings is 1. The molecule has 0 aliphatic rings. The van der Waals surface area contributed by atoms with Gasteiger partial charge in [0.15, 0.2) is 0 Å². The van der Waals surface area contributed by atoms with Crippen molar-refractivity contribution < 1.29 is 9.90 Å². The minimum absolute atomic E-state index is 0.269. The van der Waals surface area contributed by atoms with E-state index >= 15 is 0 Å². The van der Waals surface area contributed by atoms with Crippen LogP contribution in [-0.2, 0) is 0 Å². The van der Waals surface area contributed by atoms with Crippen molar-refractivity contribution in [1.82, 2.24) is 14.6 Å². The van der Waals surface area contributed by atoms with Crippen molar-refractivity contribution >= 4 is 23.2 Å². The van der Waals surface area contributed by atoms with E-state index < -0.39 is 5.97 Å². The Morgan fingerprint density at radius 1 is 1.26 bits per heavy atom. The van der Waals surface area contributed by atoms with Gasteiger partial charge in [0.25, 0.3) is 0 Å². The molecular formula is C13H9N3O2S. The number of hydrogen-bond donors (Lipinski definition) is 1. The maximum Gasteiger partial charge on any atom is 0.335 e. The van der Waals surface area contributed by atoms with Crippen LogP contribution in [0.2, 0.25) is 0 Å². The lowest BCUT2D eigenvalue weighted by atomic mass is 10.2. The molecule has 1 N–H and O–H groups in total. The highest BCUT2D eigenvalue weighted by molar-refractivity contribution is 7.99. The zero-order chi connectivity index (χ0) is 13.2. The zero-order valence-corrected chi connectivity index (χ0v) is 10.5. The molecule has 0 bridgehead atoms. The van der Waals surface area contributed by atoms with Crippen LogP contribution in [0.1, 0.15) is 10.4 Å². The first-order valence-corrected chi connectivity index (χ1v) is 6.35. The number of aromatic carboxylic acids is 1. The Morgan fingerprint density at radius 2 is 2.16 bits per heavy atom. The van der Waals surface area contributed by atoms with Gasteiger partial charge in [0.1, 0.15) is 5.03 Å². The molecule has 0 saturated heterocycles. The highest BCUT2D eigenvalue weighted by Gasteiger charge is 2.08. The highest BCUT2D eigenvalue weighted by Crippen LogP contribution is 2.29. The van der Waals surface area contributed by atoms with E-state index in [2.05, 4.69) is 10.1 Å². The van der Waals surface area contributed by atoms with Gasteiger partial charge in [-0.15, -0.1) is 0 Å². The molecule has 5 nitrogen and oxygen atoms in total. The topological polar surface area (TPSA) is 67.5 Å². The van der Waals surface area contributed by atoms with Crippen LogP contribution >= 0.6 is 11.8 Å². The van der Waals surface area contributed by atoms with Crippen molar-refractivity contribution in [3.05, 3.63) is 54.5 Å². The molecule has 3 aromatic rings. The van der Waals surface area contributed by atoms with E-state index in [9.17, 15) is 4.79 Å². The zero-order valence-electron chi connectivity index (χ0n) is 9.72. The Labute approximate surface area is 112 Å².